The summed E-state index contributed by atoms with van der Waals surface area (Å²) in [6, 6.07) is 7.18. The van der Waals surface area contributed by atoms with E-state index in [4.69, 9.17) is 4.74 Å². The van der Waals surface area contributed by atoms with E-state index in [1.807, 2.05) is 0 Å². The van der Waals surface area contributed by atoms with E-state index in [0.29, 0.717) is 11.5 Å². The molecule has 1 unspecified atom stereocenters. The second-order valence-electron chi connectivity index (χ2n) is 6.37. The molecular weight excluding hydrogens is 234 g/mol. The lowest BCUT2D eigenvalue weighted by atomic mass is 9.82. The first kappa shape index (κ1) is 14.5. The largest absolute Gasteiger partial charge is 0.381 e. The summed E-state index contributed by atoms with van der Waals surface area (Å²) in [4.78, 5) is 0. The topological polar surface area (TPSA) is 21.3 Å². The highest BCUT2D eigenvalue weighted by Crippen LogP contribution is 2.29. The maximum atomic E-state index is 5.46. The Hall–Kier alpha value is -0.860. The lowest BCUT2D eigenvalue weighted by Crippen LogP contribution is -2.37. The fourth-order valence-electron chi connectivity index (χ4n) is 2.59. The number of nitrogens with one attached hydrogen (secondary N) is 1. The number of hydrogen-bond acceptors (Lipinski definition) is 2. The zero-order valence-electron chi connectivity index (χ0n) is 12.8. The molecule has 1 aliphatic heterocycles. The van der Waals surface area contributed by atoms with Crippen molar-refractivity contribution in [1.82, 2.24) is 5.32 Å². The van der Waals surface area contributed by atoms with Gasteiger partial charge >= 0.3 is 0 Å². The van der Waals surface area contributed by atoms with E-state index in [-0.39, 0.29) is 0 Å². The van der Waals surface area contributed by atoms with Gasteiger partial charge in [0.25, 0.3) is 0 Å². The molecule has 106 valence electrons. The Morgan fingerprint density at radius 3 is 2.53 bits per heavy atom. The van der Waals surface area contributed by atoms with Crippen LogP contribution in [0.4, 0.5) is 0 Å². The molecule has 0 radical (unpaired) electrons. The highest BCUT2D eigenvalue weighted by atomic mass is 16.5. The van der Waals surface area contributed by atoms with E-state index >= 15 is 0 Å². The number of aryl methyl sites for hydroxylation is 2. The van der Waals surface area contributed by atoms with Gasteiger partial charge in [-0.15, -0.1) is 0 Å². The van der Waals surface area contributed by atoms with Crippen molar-refractivity contribution in [2.75, 3.05) is 19.8 Å². The fraction of sp³-hybridized carbons (Fsp3) is 0.647. The van der Waals surface area contributed by atoms with Crippen LogP contribution in [0.1, 0.15) is 49.4 Å². The summed E-state index contributed by atoms with van der Waals surface area (Å²) in [5, 5.41) is 3.70. The zero-order valence-corrected chi connectivity index (χ0v) is 12.8. The second kappa shape index (κ2) is 6.06. The lowest BCUT2D eigenvalue weighted by Gasteiger charge is -2.34. The first-order valence-corrected chi connectivity index (χ1v) is 7.38. The minimum Gasteiger partial charge on any atom is -0.381 e. The van der Waals surface area contributed by atoms with Crippen molar-refractivity contribution in [2.45, 2.75) is 46.6 Å². The van der Waals surface area contributed by atoms with Crippen LogP contribution in [-0.2, 0) is 4.74 Å². The third kappa shape index (κ3) is 3.80. The summed E-state index contributed by atoms with van der Waals surface area (Å²) in [7, 11) is 0. The number of ether oxygens (including phenoxy) is 1. The van der Waals surface area contributed by atoms with Gasteiger partial charge in [0, 0.05) is 25.8 Å². The van der Waals surface area contributed by atoms with Crippen molar-refractivity contribution >= 4 is 0 Å². The molecule has 1 fully saturated rings. The van der Waals surface area contributed by atoms with Gasteiger partial charge in [0.15, 0.2) is 0 Å². The molecule has 0 amide bonds. The van der Waals surface area contributed by atoms with Gasteiger partial charge in [-0.1, -0.05) is 25.1 Å². The molecule has 2 rings (SSSR count). The zero-order chi connectivity index (χ0) is 13.9. The molecule has 1 heterocycles. The quantitative estimate of drug-likeness (QED) is 0.891. The molecule has 2 nitrogen and oxygen atoms in total. The standard InChI is InChI=1S/C17H27NO/c1-13-5-6-16(11-14(13)2)15(3)18-12-17(4)7-9-19-10-8-17/h5-6,11,15,18H,7-10,12H2,1-4H3. The Morgan fingerprint density at radius 2 is 1.89 bits per heavy atom. The van der Waals surface area contributed by atoms with Crippen LogP contribution in [0.15, 0.2) is 18.2 Å². The molecule has 0 saturated carbocycles. The predicted molar refractivity (Wildman–Crippen MR) is 80.5 cm³/mol. The molecule has 0 aromatic heterocycles. The predicted octanol–water partition coefficient (Wildman–Crippen LogP) is 3.77. The molecule has 19 heavy (non-hydrogen) atoms. The van der Waals surface area contributed by atoms with Crippen LogP contribution in [0.25, 0.3) is 0 Å². The molecule has 1 aromatic carbocycles. The van der Waals surface area contributed by atoms with Crippen LogP contribution < -0.4 is 5.32 Å². The molecule has 1 atom stereocenters. The van der Waals surface area contributed by atoms with Crippen LogP contribution in [0.3, 0.4) is 0 Å². The molecule has 1 N–H and O–H groups in total. The Balaban J connectivity index is 1.93. The summed E-state index contributed by atoms with van der Waals surface area (Å²) < 4.78 is 5.46. The van der Waals surface area contributed by atoms with Crippen molar-refractivity contribution in [2.24, 2.45) is 5.41 Å². The van der Waals surface area contributed by atoms with Gasteiger partial charge in [0.05, 0.1) is 0 Å². The van der Waals surface area contributed by atoms with Gasteiger partial charge in [-0.3, -0.25) is 0 Å². The van der Waals surface area contributed by atoms with E-state index in [1.54, 1.807) is 0 Å². The Labute approximate surface area is 117 Å². The van der Waals surface area contributed by atoms with Crippen molar-refractivity contribution in [1.29, 1.82) is 0 Å². The first-order valence-electron chi connectivity index (χ1n) is 7.38. The minimum atomic E-state index is 0.395. The first-order chi connectivity index (χ1) is 9.00. The molecule has 1 saturated heterocycles. The van der Waals surface area contributed by atoms with Crippen LogP contribution in [-0.4, -0.2) is 19.8 Å². The normalized spacial score (nSPS) is 20.2. The third-order valence-electron chi connectivity index (χ3n) is 4.57. The summed E-state index contributed by atoms with van der Waals surface area (Å²) in [6.07, 6.45) is 2.33. The van der Waals surface area contributed by atoms with Gasteiger partial charge < -0.3 is 10.1 Å². The molecule has 1 aromatic rings. The van der Waals surface area contributed by atoms with Gasteiger partial charge in [0.1, 0.15) is 0 Å². The maximum absolute atomic E-state index is 5.46. The van der Waals surface area contributed by atoms with Crippen molar-refractivity contribution in [3.05, 3.63) is 34.9 Å². The van der Waals surface area contributed by atoms with Gasteiger partial charge in [-0.25, -0.2) is 0 Å². The monoisotopic (exact) mass is 261 g/mol. The third-order valence-corrected chi connectivity index (χ3v) is 4.57. The van der Waals surface area contributed by atoms with Gasteiger partial charge in [-0.2, -0.15) is 0 Å². The molecular formula is C17H27NO. The Morgan fingerprint density at radius 1 is 1.21 bits per heavy atom. The maximum Gasteiger partial charge on any atom is 0.0471 e. The highest BCUT2D eigenvalue weighted by molar-refractivity contribution is 5.31. The summed E-state index contributed by atoms with van der Waals surface area (Å²) >= 11 is 0. The van der Waals surface area contributed by atoms with E-state index < -0.39 is 0 Å². The lowest BCUT2D eigenvalue weighted by molar-refractivity contribution is 0.0231. The van der Waals surface area contributed by atoms with E-state index in [2.05, 4.69) is 51.2 Å². The average molecular weight is 261 g/mol. The van der Waals surface area contributed by atoms with Crippen LogP contribution >= 0.6 is 0 Å². The van der Waals surface area contributed by atoms with Gasteiger partial charge in [-0.05, 0) is 55.7 Å². The van der Waals surface area contributed by atoms with E-state index in [0.717, 1.165) is 19.8 Å². The van der Waals surface area contributed by atoms with E-state index in [9.17, 15) is 0 Å². The number of benzene rings is 1. The van der Waals surface area contributed by atoms with Crippen molar-refractivity contribution in [3.63, 3.8) is 0 Å². The van der Waals surface area contributed by atoms with Crippen molar-refractivity contribution < 1.29 is 4.74 Å². The van der Waals surface area contributed by atoms with Gasteiger partial charge in [0.2, 0.25) is 0 Å². The number of hydrogen-bond donors (Lipinski definition) is 1. The Kier molecular flexibility index (Phi) is 4.64. The molecule has 2 heteroatoms. The Bertz CT molecular complexity index is 421. The summed E-state index contributed by atoms with van der Waals surface area (Å²) in [5.41, 5.74) is 4.53. The molecule has 0 bridgehead atoms. The van der Waals surface area contributed by atoms with Crippen LogP contribution in [0, 0.1) is 19.3 Å². The van der Waals surface area contributed by atoms with E-state index in [1.165, 1.54) is 29.5 Å². The molecule has 1 aliphatic rings. The van der Waals surface area contributed by atoms with Crippen LogP contribution in [0.2, 0.25) is 0 Å². The second-order valence-corrected chi connectivity index (χ2v) is 6.37. The SMILES string of the molecule is Cc1ccc(C(C)NCC2(C)CCOCC2)cc1C. The summed E-state index contributed by atoms with van der Waals surface area (Å²) in [6.45, 7) is 11.9. The average Bonchev–Trinajstić information content (AvgIpc) is 2.40. The summed E-state index contributed by atoms with van der Waals surface area (Å²) in [5.74, 6) is 0. The molecule has 0 aliphatic carbocycles. The molecule has 0 spiro atoms. The minimum absolute atomic E-state index is 0.395. The van der Waals surface area contributed by atoms with Crippen molar-refractivity contribution in [3.8, 4) is 0 Å². The highest BCUT2D eigenvalue weighted by Gasteiger charge is 2.27. The smallest absolute Gasteiger partial charge is 0.0471 e. The van der Waals surface area contributed by atoms with Crippen LogP contribution in [0.5, 0.6) is 0 Å². The number of rotatable bonds is 4. The fourth-order valence-corrected chi connectivity index (χ4v) is 2.59.